The lowest BCUT2D eigenvalue weighted by molar-refractivity contribution is -0.127. The van der Waals surface area contributed by atoms with Gasteiger partial charge in [-0.3, -0.25) is 70.9 Å². The number of hydrogen-bond donors (Lipinski definition) is 3. The zero-order valence-electron chi connectivity index (χ0n) is 78.0. The third kappa shape index (κ3) is 23.7. The molecule has 15 heterocycles. The summed E-state index contributed by atoms with van der Waals surface area (Å²) in [6, 6.07) is 22.7. The summed E-state index contributed by atoms with van der Waals surface area (Å²) in [7, 11) is -9.48. The topological polar surface area (TPSA) is 563 Å². The first-order chi connectivity index (χ1) is 65.4. The highest BCUT2D eigenvalue weighted by atomic mass is 31.2. The second-order valence-electron chi connectivity index (χ2n) is 34.4. The summed E-state index contributed by atoms with van der Waals surface area (Å²) in [5, 5.41) is 43.0. The molecule has 3 N–H and O–H groups in total. The van der Waals surface area contributed by atoms with Crippen LogP contribution in [0.1, 0.15) is 166 Å². The fraction of sp³-hybridized carbons (Fsp3) is 0.367. The van der Waals surface area contributed by atoms with Crippen LogP contribution in [0.5, 0.6) is 17.2 Å². The highest BCUT2D eigenvalue weighted by molar-refractivity contribution is 7.48. The fourth-order valence-corrected chi connectivity index (χ4v) is 18.5. The summed E-state index contributed by atoms with van der Waals surface area (Å²) < 4.78 is 95.9. The summed E-state index contributed by atoms with van der Waals surface area (Å²) in [5.41, 5.74) is 3.53. The van der Waals surface area contributed by atoms with Crippen LogP contribution in [0.3, 0.4) is 0 Å². The van der Waals surface area contributed by atoms with E-state index in [0.29, 0.717) is 95.3 Å². The number of amides is 3. The second kappa shape index (κ2) is 42.2. The predicted octanol–water partition coefficient (Wildman–Crippen LogP) is 12.0. The average molecular weight is 1950 g/mol. The number of pyridine rings is 6. The van der Waals surface area contributed by atoms with Crippen molar-refractivity contribution in [3.05, 3.63) is 197 Å². The number of phosphoric acid groups is 3. The molecule has 12 aromatic rings. The summed E-state index contributed by atoms with van der Waals surface area (Å²) in [6.45, 7) is 19.9. The van der Waals surface area contributed by atoms with E-state index < -0.39 is 95.5 Å². The number of ketones is 3. The molecule has 3 aliphatic heterocycles. The molecule has 0 aliphatic carbocycles. The Bertz CT molecular complexity index is 7030. The van der Waals surface area contributed by atoms with E-state index in [2.05, 4.69) is 78.4 Å². The fourth-order valence-electron chi connectivity index (χ4n) is 15.5. The van der Waals surface area contributed by atoms with Crippen LogP contribution in [0.15, 0.2) is 146 Å². The van der Waals surface area contributed by atoms with Crippen LogP contribution in [-0.4, -0.2) is 230 Å². The molecule has 1 atom stereocenters. The van der Waals surface area contributed by atoms with Crippen LogP contribution < -0.4 is 14.2 Å². The van der Waals surface area contributed by atoms with Crippen molar-refractivity contribution in [2.75, 3.05) is 60.6 Å². The van der Waals surface area contributed by atoms with Gasteiger partial charge in [0.15, 0.2) is 17.5 Å². The second-order valence-corrected chi connectivity index (χ2v) is 38.6. The molecule has 3 amide bonds. The van der Waals surface area contributed by atoms with Crippen molar-refractivity contribution in [2.24, 2.45) is 0 Å². The molecule has 3 saturated heterocycles. The SMILES string of the molecule is COc1cnc(-n2cnc(C)n2)c2c1c(C(=O)C(=O)N1CCC(=C(C#N)c3ccccn3)CC1)cn2COP(=O)(O)O.COc1cnc(-n2cnc(C)n2)c2c1c(C(=O)C(=O)N1CCC(=C(C#N)c3ccccn3)CC1)cn2COP(=O)(O)OC(C)(C)C.COc1cnc(-n2cnc(C)n2)c2c1c(C(=O)C(=O)N1CCC(=C(C#N)c3ccccn3)CC1)cn2COP(=O)(OC(C)(C)C)OC(C)(C)C. The third-order valence-corrected chi connectivity index (χ3v) is 25.0. The predicted molar refractivity (Wildman–Crippen MR) is 494 cm³/mol. The van der Waals surface area contributed by atoms with E-state index in [1.165, 1.54) is 120 Å². The maximum Gasteiger partial charge on any atom is 0.477 e. The van der Waals surface area contributed by atoms with Crippen molar-refractivity contribution in [1.82, 2.24) is 103 Å². The van der Waals surface area contributed by atoms with Gasteiger partial charge in [-0.2, -0.15) is 31.1 Å². The number of carbonyl (C=O) groups is 6. The minimum atomic E-state index is -4.90. The Balaban J connectivity index is 0.000000175. The number of aryl methyl sites for hydroxylation is 3. The Morgan fingerprint density at radius 1 is 0.399 bits per heavy atom. The molecule has 48 heteroatoms. The standard InChI is InChI=1S/C34H41N8O7P.C30H33N8O7P.C26H25N8O7P/c1-22-38-20-42(39-22)31-29-28(27(46-8)18-37-31)25(19-41(29)21-47-50(45,48-33(2,3)4)49-34(5,6)7)30(43)32(44)40-15-12-23(13-16-40)24(17-35)26-11-9-10-14-36-26;1-19-34-17-38(35-19)28-26-25(24(43-5)15-33-28)22(16-37(26)18-44-46(41,42)45-30(2,3)4)27(39)29(40)36-12-9-20(10-13-36)21(14-31)23-8-6-7-11-32-23;1-16-30-14-34(31-16)25-23-22(21(40-2)12-29-25)19(13-33(23)15-41-42(37,38)39)24(35)26(36)32-9-6-17(7-10-32)18(11-27)20-5-3-4-8-28-20/h9-11,14,18-20H,12-13,15-16,21H2,1-8H3;6-8,11,15-17H,9-10,12-13,18H2,1-5H3,(H,41,42);3-5,8,12-14H,6-7,9-10,15H2,1-2H3,(H2,37,38,39). The van der Waals surface area contributed by atoms with Crippen LogP contribution in [0, 0.1) is 54.8 Å². The number of hydrogen-bond acceptors (Lipinski definition) is 33. The van der Waals surface area contributed by atoms with Gasteiger partial charge in [0.2, 0.25) is 0 Å². The van der Waals surface area contributed by atoms with Gasteiger partial charge in [-0.15, -0.1) is 0 Å². The number of likely N-dealkylation sites (tertiary alicyclic amines) is 3. The summed E-state index contributed by atoms with van der Waals surface area (Å²) >= 11 is 0. The summed E-state index contributed by atoms with van der Waals surface area (Å²) in [6.07, 6.45) is 19.7. The van der Waals surface area contributed by atoms with Gasteiger partial charge in [0.25, 0.3) is 35.1 Å². The average Bonchev–Trinajstić information content (AvgIpc) is 1.60. The van der Waals surface area contributed by atoms with E-state index in [1.807, 2.05) is 6.07 Å². The lowest BCUT2D eigenvalue weighted by Crippen LogP contribution is -2.40. The van der Waals surface area contributed by atoms with Gasteiger partial charge in [0.1, 0.15) is 109 Å². The van der Waals surface area contributed by atoms with Crippen molar-refractivity contribution in [2.45, 2.75) is 159 Å². The van der Waals surface area contributed by atoms with Gasteiger partial charge < -0.3 is 57.3 Å². The molecule has 15 rings (SSSR count). The Morgan fingerprint density at radius 3 is 0.920 bits per heavy atom. The number of methoxy groups -OCH3 is 3. The summed E-state index contributed by atoms with van der Waals surface area (Å²) in [4.78, 5) is 155. The smallest absolute Gasteiger partial charge is 0.477 e. The third-order valence-electron chi connectivity index (χ3n) is 21.3. The highest BCUT2D eigenvalue weighted by Crippen LogP contribution is 2.56. The summed E-state index contributed by atoms with van der Waals surface area (Å²) in [5.74, 6) is -2.22. The molecule has 0 aromatic carbocycles. The molecular weight excluding hydrogens is 1850 g/mol. The molecule has 720 valence electrons. The number of nitrogens with zero attached hydrogens (tertiary/aromatic N) is 24. The van der Waals surface area contributed by atoms with Gasteiger partial charge in [-0.25, -0.2) is 57.6 Å². The van der Waals surface area contributed by atoms with Crippen LogP contribution >= 0.6 is 23.5 Å². The molecule has 12 aromatic heterocycles. The Morgan fingerprint density at radius 2 is 0.681 bits per heavy atom. The van der Waals surface area contributed by atoms with Gasteiger partial charge in [-0.1, -0.05) is 18.2 Å². The van der Waals surface area contributed by atoms with Crippen LogP contribution in [0.25, 0.3) is 66.9 Å². The first kappa shape index (κ1) is 101. The number of fused-ring (bicyclic) bond motifs is 3. The number of rotatable bonds is 27. The van der Waals surface area contributed by atoms with Crippen molar-refractivity contribution in [1.29, 1.82) is 15.8 Å². The molecule has 0 spiro atoms. The van der Waals surface area contributed by atoms with Gasteiger partial charge in [-0.05, 0) is 175 Å². The molecular formula is C90H99N24O21P3. The molecule has 0 radical (unpaired) electrons. The van der Waals surface area contributed by atoms with Gasteiger partial charge in [0, 0.05) is 76.4 Å². The van der Waals surface area contributed by atoms with Crippen molar-refractivity contribution >= 4 is 108 Å². The Labute approximate surface area is 790 Å². The monoisotopic (exact) mass is 1940 g/mol. The van der Waals surface area contributed by atoms with Crippen LogP contribution in [0.2, 0.25) is 0 Å². The number of piperidine rings is 3. The van der Waals surface area contributed by atoms with Crippen molar-refractivity contribution in [3.8, 4) is 52.9 Å². The number of aromatic nitrogens is 18. The number of Topliss-reactive ketones (excluding diaryl/α,β-unsaturated/α-hetero) is 3. The molecule has 0 saturated carbocycles. The number of phosphoric ester groups is 3. The zero-order valence-corrected chi connectivity index (χ0v) is 80.7. The molecule has 3 aliphatic rings. The normalized spacial score (nSPS) is 14.3. The maximum absolute atomic E-state index is 14.1. The minimum absolute atomic E-state index is 0.0155. The number of ether oxygens (including phenoxy) is 3. The van der Waals surface area contributed by atoms with E-state index in [-0.39, 0.29) is 118 Å². The van der Waals surface area contributed by atoms with Crippen molar-refractivity contribution < 1.29 is 98.5 Å². The lowest BCUT2D eigenvalue weighted by Gasteiger charge is -2.31. The van der Waals surface area contributed by atoms with E-state index in [9.17, 15) is 72.9 Å². The van der Waals surface area contributed by atoms with Gasteiger partial charge in [0.05, 0.1) is 123 Å². The van der Waals surface area contributed by atoms with Gasteiger partial charge >= 0.3 is 23.5 Å². The van der Waals surface area contributed by atoms with E-state index in [0.717, 1.165) is 16.7 Å². The maximum atomic E-state index is 14.1. The molecule has 138 heavy (non-hydrogen) atoms. The zero-order chi connectivity index (χ0) is 99.7. The molecule has 1 unspecified atom stereocenters. The Hall–Kier alpha value is -14.2. The van der Waals surface area contributed by atoms with E-state index in [1.54, 1.807) is 150 Å². The minimum Gasteiger partial charge on any atom is -0.494 e. The van der Waals surface area contributed by atoms with E-state index >= 15 is 0 Å². The van der Waals surface area contributed by atoms with Crippen LogP contribution in [0.4, 0.5) is 0 Å². The first-order valence-electron chi connectivity index (χ1n) is 42.9. The first-order valence-corrected chi connectivity index (χ1v) is 47.4. The molecule has 0 bridgehead atoms. The number of carbonyl (C=O) groups excluding carboxylic acids is 6. The van der Waals surface area contributed by atoms with E-state index in [4.69, 9.17) is 41.4 Å². The lowest BCUT2D eigenvalue weighted by atomic mass is 9.95. The highest BCUT2D eigenvalue weighted by Gasteiger charge is 2.41. The molecule has 3 fully saturated rings. The Kier molecular flexibility index (Phi) is 30.9. The van der Waals surface area contributed by atoms with Crippen LogP contribution in [-0.2, 0) is 75.4 Å². The largest absolute Gasteiger partial charge is 0.494 e. The number of allylic oxidation sites excluding steroid dienone is 3. The number of nitriles is 3. The van der Waals surface area contributed by atoms with Crippen molar-refractivity contribution in [3.63, 3.8) is 0 Å². The quantitative estimate of drug-likeness (QED) is 0.0186. The molecule has 45 nitrogen and oxygen atoms in total.